The molecular formula is C13H20N4O2. The second-order valence-electron chi connectivity index (χ2n) is 6.03. The summed E-state index contributed by atoms with van der Waals surface area (Å²) in [7, 11) is 0. The standard InChI is InChI=1S/C13H20N4O2/c1-2-4-16(5-3-1)11-6-13(19-7-11)8-17(9-13)12-15-14-10-18-12/h10-11H,1-9H2/t11-/m0/s1. The van der Waals surface area contributed by atoms with Crippen LogP contribution in [0.1, 0.15) is 25.7 Å². The molecule has 1 aromatic heterocycles. The van der Waals surface area contributed by atoms with Crippen LogP contribution in [0.15, 0.2) is 10.8 Å². The van der Waals surface area contributed by atoms with Crippen LogP contribution in [-0.2, 0) is 4.74 Å². The maximum atomic E-state index is 6.10. The average Bonchev–Trinajstić information content (AvgIpc) is 3.07. The zero-order valence-electron chi connectivity index (χ0n) is 11.1. The molecule has 6 heteroatoms. The predicted octanol–water partition coefficient (Wildman–Crippen LogP) is 0.903. The van der Waals surface area contributed by atoms with Crippen molar-refractivity contribution in [3.8, 4) is 0 Å². The van der Waals surface area contributed by atoms with Crippen molar-refractivity contribution >= 4 is 6.01 Å². The van der Waals surface area contributed by atoms with Crippen LogP contribution in [0.25, 0.3) is 0 Å². The second kappa shape index (κ2) is 4.45. The summed E-state index contributed by atoms with van der Waals surface area (Å²) >= 11 is 0. The molecule has 1 atom stereocenters. The molecule has 0 N–H and O–H groups in total. The fraction of sp³-hybridized carbons (Fsp3) is 0.846. The third-order valence-electron chi connectivity index (χ3n) is 4.67. The maximum Gasteiger partial charge on any atom is 0.318 e. The van der Waals surface area contributed by atoms with Crippen LogP contribution in [0.5, 0.6) is 0 Å². The molecule has 1 aromatic rings. The van der Waals surface area contributed by atoms with E-state index in [2.05, 4.69) is 20.0 Å². The van der Waals surface area contributed by atoms with Crippen molar-refractivity contribution < 1.29 is 9.15 Å². The van der Waals surface area contributed by atoms with Gasteiger partial charge < -0.3 is 14.1 Å². The van der Waals surface area contributed by atoms with Crippen LogP contribution < -0.4 is 4.90 Å². The lowest BCUT2D eigenvalue weighted by Crippen LogP contribution is -2.62. The third-order valence-corrected chi connectivity index (χ3v) is 4.67. The Balaban J connectivity index is 1.35. The lowest BCUT2D eigenvalue weighted by molar-refractivity contribution is -0.0215. The fourth-order valence-electron chi connectivity index (χ4n) is 3.65. The zero-order valence-corrected chi connectivity index (χ0v) is 11.1. The van der Waals surface area contributed by atoms with E-state index in [1.54, 1.807) is 0 Å². The van der Waals surface area contributed by atoms with Gasteiger partial charge >= 0.3 is 6.01 Å². The monoisotopic (exact) mass is 264 g/mol. The molecule has 3 saturated heterocycles. The quantitative estimate of drug-likeness (QED) is 0.791. The van der Waals surface area contributed by atoms with Gasteiger partial charge in [0.05, 0.1) is 19.7 Å². The maximum absolute atomic E-state index is 6.10. The van der Waals surface area contributed by atoms with E-state index in [4.69, 9.17) is 9.15 Å². The summed E-state index contributed by atoms with van der Waals surface area (Å²) in [5.41, 5.74) is 0.0383. The minimum atomic E-state index is 0.0383. The minimum Gasteiger partial charge on any atom is -0.411 e. The summed E-state index contributed by atoms with van der Waals surface area (Å²) in [6.45, 7) is 5.16. The molecule has 0 amide bonds. The lowest BCUT2D eigenvalue weighted by Gasteiger charge is -2.46. The van der Waals surface area contributed by atoms with Gasteiger partial charge in [-0.1, -0.05) is 11.5 Å². The van der Waals surface area contributed by atoms with Gasteiger partial charge in [0.25, 0.3) is 0 Å². The van der Waals surface area contributed by atoms with Gasteiger partial charge in [0.1, 0.15) is 5.60 Å². The van der Waals surface area contributed by atoms with Crippen molar-refractivity contribution in [2.45, 2.75) is 37.3 Å². The predicted molar refractivity (Wildman–Crippen MR) is 69.0 cm³/mol. The average molecular weight is 264 g/mol. The second-order valence-corrected chi connectivity index (χ2v) is 6.03. The molecule has 0 saturated carbocycles. The number of nitrogens with zero attached hydrogens (tertiary/aromatic N) is 4. The van der Waals surface area contributed by atoms with Gasteiger partial charge in [-0.05, 0) is 32.4 Å². The van der Waals surface area contributed by atoms with Gasteiger partial charge in [-0.2, -0.15) is 0 Å². The summed E-state index contributed by atoms with van der Waals surface area (Å²) < 4.78 is 11.3. The van der Waals surface area contributed by atoms with Crippen molar-refractivity contribution in [3.05, 3.63) is 6.39 Å². The number of piperidine rings is 1. The van der Waals surface area contributed by atoms with E-state index in [0.717, 1.165) is 26.1 Å². The van der Waals surface area contributed by atoms with Gasteiger partial charge in [-0.25, -0.2) is 0 Å². The van der Waals surface area contributed by atoms with Crippen LogP contribution >= 0.6 is 0 Å². The molecule has 3 fully saturated rings. The number of ether oxygens (including phenoxy) is 1. The number of rotatable bonds is 2. The Morgan fingerprint density at radius 2 is 2.05 bits per heavy atom. The number of hydrogen-bond donors (Lipinski definition) is 0. The van der Waals surface area contributed by atoms with E-state index in [1.807, 2.05) is 0 Å². The highest BCUT2D eigenvalue weighted by Gasteiger charge is 2.52. The first-order chi connectivity index (χ1) is 9.35. The third kappa shape index (κ3) is 2.03. The first kappa shape index (κ1) is 11.7. The Bertz CT molecular complexity index is 424. The van der Waals surface area contributed by atoms with Crippen LogP contribution in [0, 0.1) is 0 Å². The summed E-state index contributed by atoms with van der Waals surface area (Å²) in [5, 5.41) is 7.67. The molecular weight excluding hydrogens is 244 g/mol. The zero-order chi connectivity index (χ0) is 12.7. The highest BCUT2D eigenvalue weighted by atomic mass is 16.5. The fourth-order valence-corrected chi connectivity index (χ4v) is 3.65. The smallest absolute Gasteiger partial charge is 0.318 e. The van der Waals surface area contributed by atoms with Crippen molar-refractivity contribution in [3.63, 3.8) is 0 Å². The molecule has 0 aromatic carbocycles. The lowest BCUT2D eigenvalue weighted by atomic mass is 9.89. The summed E-state index contributed by atoms with van der Waals surface area (Å²) in [5.74, 6) is 0. The van der Waals surface area contributed by atoms with E-state index < -0.39 is 0 Å². The Labute approximate surface area is 112 Å². The van der Waals surface area contributed by atoms with E-state index >= 15 is 0 Å². The topological polar surface area (TPSA) is 54.6 Å². The van der Waals surface area contributed by atoms with Crippen molar-refractivity contribution in [1.29, 1.82) is 0 Å². The molecule has 19 heavy (non-hydrogen) atoms. The minimum absolute atomic E-state index is 0.0383. The van der Waals surface area contributed by atoms with Crippen molar-refractivity contribution in [1.82, 2.24) is 15.1 Å². The normalized spacial score (nSPS) is 30.7. The molecule has 0 unspecified atom stereocenters. The molecule has 0 aliphatic carbocycles. The van der Waals surface area contributed by atoms with Gasteiger partial charge in [-0.3, -0.25) is 4.90 Å². The van der Waals surface area contributed by atoms with E-state index in [9.17, 15) is 0 Å². The summed E-state index contributed by atoms with van der Waals surface area (Å²) in [4.78, 5) is 4.72. The van der Waals surface area contributed by atoms with E-state index in [1.165, 1.54) is 38.7 Å². The van der Waals surface area contributed by atoms with Crippen molar-refractivity contribution in [2.24, 2.45) is 0 Å². The van der Waals surface area contributed by atoms with Crippen LogP contribution in [0.4, 0.5) is 6.01 Å². The number of aromatic nitrogens is 2. The van der Waals surface area contributed by atoms with Gasteiger partial charge in [0.15, 0.2) is 0 Å². The Hall–Kier alpha value is -1.14. The van der Waals surface area contributed by atoms with Crippen LogP contribution in [0.2, 0.25) is 0 Å². The Kier molecular flexibility index (Phi) is 2.73. The molecule has 4 heterocycles. The molecule has 0 radical (unpaired) electrons. The SMILES string of the molecule is c1nnc(N2CC3(C[C@H](N4CCCCC4)CO3)C2)o1. The van der Waals surface area contributed by atoms with E-state index in [0.29, 0.717) is 12.1 Å². The first-order valence-corrected chi connectivity index (χ1v) is 7.24. The van der Waals surface area contributed by atoms with Crippen molar-refractivity contribution in [2.75, 3.05) is 37.7 Å². The molecule has 104 valence electrons. The molecule has 6 nitrogen and oxygen atoms in total. The van der Waals surface area contributed by atoms with Crippen LogP contribution in [-0.4, -0.2) is 59.5 Å². The van der Waals surface area contributed by atoms with E-state index in [-0.39, 0.29) is 5.60 Å². The molecule has 3 aliphatic rings. The number of anilines is 1. The molecule has 1 spiro atoms. The number of hydrogen-bond acceptors (Lipinski definition) is 6. The Morgan fingerprint density at radius 1 is 1.21 bits per heavy atom. The Morgan fingerprint density at radius 3 is 2.79 bits per heavy atom. The molecule has 4 rings (SSSR count). The molecule has 3 aliphatic heterocycles. The van der Waals surface area contributed by atoms with Gasteiger partial charge in [-0.15, -0.1) is 5.10 Å². The first-order valence-electron chi connectivity index (χ1n) is 7.24. The molecule has 0 bridgehead atoms. The van der Waals surface area contributed by atoms with Gasteiger partial charge in [0.2, 0.25) is 6.39 Å². The summed E-state index contributed by atoms with van der Waals surface area (Å²) in [6.07, 6.45) is 6.61. The van der Waals surface area contributed by atoms with Crippen LogP contribution in [0.3, 0.4) is 0 Å². The highest BCUT2D eigenvalue weighted by Crippen LogP contribution is 2.39. The largest absolute Gasteiger partial charge is 0.411 e. The summed E-state index contributed by atoms with van der Waals surface area (Å²) in [6, 6.07) is 1.24. The van der Waals surface area contributed by atoms with Gasteiger partial charge in [0, 0.05) is 6.04 Å². The highest BCUT2D eigenvalue weighted by molar-refractivity contribution is 5.34. The number of likely N-dealkylation sites (tertiary alicyclic amines) is 1.